The van der Waals surface area contributed by atoms with E-state index >= 15 is 0 Å². The summed E-state index contributed by atoms with van der Waals surface area (Å²) in [7, 11) is 0. The summed E-state index contributed by atoms with van der Waals surface area (Å²) >= 11 is 12.3. The van der Waals surface area contributed by atoms with E-state index in [1.807, 2.05) is 42.5 Å². The van der Waals surface area contributed by atoms with Gasteiger partial charge in [0.15, 0.2) is 0 Å². The summed E-state index contributed by atoms with van der Waals surface area (Å²) in [5.41, 5.74) is 4.43. The van der Waals surface area contributed by atoms with Crippen molar-refractivity contribution in [3.63, 3.8) is 0 Å². The van der Waals surface area contributed by atoms with Crippen molar-refractivity contribution >= 4 is 23.2 Å². The maximum Gasteiger partial charge on any atom is 0.0844 e. The van der Waals surface area contributed by atoms with Crippen molar-refractivity contribution < 1.29 is 5.11 Å². The topological polar surface area (TPSA) is 32.3 Å². The van der Waals surface area contributed by atoms with Gasteiger partial charge in [0, 0.05) is 12.5 Å². The minimum Gasteiger partial charge on any atom is -0.390 e. The Hall–Kier alpha value is -1.84. The molecule has 4 rings (SSSR count). The predicted octanol–water partition coefficient (Wildman–Crippen LogP) is 5.33. The number of hydrogen-bond acceptors (Lipinski definition) is 2. The lowest BCUT2D eigenvalue weighted by Gasteiger charge is -2.22. The van der Waals surface area contributed by atoms with Crippen molar-refractivity contribution in [3.05, 3.63) is 105 Å². The van der Waals surface area contributed by atoms with Gasteiger partial charge in [-0.1, -0.05) is 83.9 Å². The summed E-state index contributed by atoms with van der Waals surface area (Å²) in [6, 6.07) is 23.8. The number of aliphatic hydroxyl groups is 1. The molecule has 0 saturated heterocycles. The molecule has 0 amide bonds. The van der Waals surface area contributed by atoms with Crippen LogP contribution in [-0.4, -0.2) is 11.2 Å². The van der Waals surface area contributed by atoms with Crippen molar-refractivity contribution in [2.24, 2.45) is 0 Å². The van der Waals surface area contributed by atoms with Crippen LogP contribution < -0.4 is 5.32 Å². The van der Waals surface area contributed by atoms with Crippen LogP contribution in [0.25, 0.3) is 0 Å². The van der Waals surface area contributed by atoms with Crippen molar-refractivity contribution in [1.82, 2.24) is 5.32 Å². The third-order valence-corrected chi connectivity index (χ3v) is 5.76. The standard InChI is InChI=1S/C22H19Cl2NO/c23-18-11-10-15(12-19(18)24)20-16-8-4-5-9-17(16)21(22(20)26)25-13-14-6-2-1-3-7-14/h1-12,20-22,25-26H,13H2/t20-,21+,22?/m0/s1. The number of hydrogen-bond donors (Lipinski definition) is 2. The maximum absolute atomic E-state index is 11.1. The fourth-order valence-electron chi connectivity index (χ4n) is 3.77. The molecule has 0 bridgehead atoms. The third-order valence-electron chi connectivity index (χ3n) is 5.02. The second kappa shape index (κ2) is 7.42. The quantitative estimate of drug-likeness (QED) is 0.637. The van der Waals surface area contributed by atoms with Crippen molar-refractivity contribution in [1.29, 1.82) is 0 Å². The Labute approximate surface area is 163 Å². The molecule has 0 heterocycles. The van der Waals surface area contributed by atoms with Gasteiger partial charge in [-0.05, 0) is 34.4 Å². The Morgan fingerprint density at radius 2 is 1.50 bits per heavy atom. The summed E-state index contributed by atoms with van der Waals surface area (Å²) in [6.45, 7) is 0.699. The smallest absolute Gasteiger partial charge is 0.0844 e. The SMILES string of the molecule is OC1[C@@H](c2ccc(Cl)c(Cl)c2)c2ccccc2[C@H]1NCc1ccccc1. The Kier molecular flexibility index (Phi) is 5.01. The molecule has 0 aliphatic heterocycles. The lowest BCUT2D eigenvalue weighted by atomic mass is 9.91. The van der Waals surface area contributed by atoms with Gasteiger partial charge in [-0.3, -0.25) is 0 Å². The Morgan fingerprint density at radius 3 is 2.23 bits per heavy atom. The number of aliphatic hydroxyl groups excluding tert-OH is 1. The van der Waals surface area contributed by atoms with Crippen LogP contribution >= 0.6 is 23.2 Å². The first kappa shape index (κ1) is 17.6. The van der Waals surface area contributed by atoms with E-state index in [9.17, 15) is 5.11 Å². The van der Waals surface area contributed by atoms with E-state index in [1.54, 1.807) is 6.07 Å². The van der Waals surface area contributed by atoms with Gasteiger partial charge in [0.1, 0.15) is 0 Å². The summed E-state index contributed by atoms with van der Waals surface area (Å²) < 4.78 is 0. The van der Waals surface area contributed by atoms with E-state index in [0.717, 1.165) is 16.7 Å². The van der Waals surface area contributed by atoms with E-state index in [2.05, 4.69) is 29.6 Å². The van der Waals surface area contributed by atoms with Crippen molar-refractivity contribution in [2.45, 2.75) is 24.6 Å². The van der Waals surface area contributed by atoms with E-state index in [-0.39, 0.29) is 12.0 Å². The van der Waals surface area contributed by atoms with Crippen LogP contribution in [0.2, 0.25) is 10.0 Å². The molecule has 1 aliphatic carbocycles. The van der Waals surface area contributed by atoms with Gasteiger partial charge >= 0.3 is 0 Å². The van der Waals surface area contributed by atoms with Crippen molar-refractivity contribution in [2.75, 3.05) is 0 Å². The highest BCUT2D eigenvalue weighted by atomic mass is 35.5. The molecule has 0 fully saturated rings. The molecule has 3 aromatic rings. The molecular weight excluding hydrogens is 365 g/mol. The monoisotopic (exact) mass is 383 g/mol. The fourth-order valence-corrected chi connectivity index (χ4v) is 4.08. The predicted molar refractivity (Wildman–Crippen MR) is 107 cm³/mol. The van der Waals surface area contributed by atoms with Crippen LogP contribution in [-0.2, 0) is 6.54 Å². The van der Waals surface area contributed by atoms with Gasteiger partial charge in [-0.25, -0.2) is 0 Å². The van der Waals surface area contributed by atoms with Crippen LogP contribution in [0.1, 0.15) is 34.2 Å². The molecule has 2 nitrogen and oxygen atoms in total. The van der Waals surface area contributed by atoms with Crippen molar-refractivity contribution in [3.8, 4) is 0 Å². The van der Waals surface area contributed by atoms with Crippen LogP contribution in [0.15, 0.2) is 72.8 Å². The van der Waals surface area contributed by atoms with Gasteiger partial charge in [0.25, 0.3) is 0 Å². The molecule has 3 atom stereocenters. The molecule has 0 saturated carbocycles. The molecule has 0 aromatic heterocycles. The summed E-state index contributed by atoms with van der Waals surface area (Å²) in [5.74, 6) is -0.130. The number of benzene rings is 3. The maximum atomic E-state index is 11.1. The van der Waals surface area contributed by atoms with E-state index < -0.39 is 6.10 Å². The van der Waals surface area contributed by atoms with E-state index in [1.165, 1.54) is 5.56 Å². The summed E-state index contributed by atoms with van der Waals surface area (Å²) in [5, 5.41) is 15.7. The molecule has 0 spiro atoms. The third kappa shape index (κ3) is 3.26. The average Bonchev–Trinajstić information content (AvgIpc) is 2.95. The second-order valence-corrected chi connectivity index (χ2v) is 7.43. The van der Waals surface area contributed by atoms with Crippen LogP contribution in [0.3, 0.4) is 0 Å². The zero-order valence-electron chi connectivity index (χ0n) is 14.1. The highest BCUT2D eigenvalue weighted by Crippen LogP contribution is 2.45. The molecule has 4 heteroatoms. The number of rotatable bonds is 4. The summed E-state index contributed by atoms with van der Waals surface area (Å²) in [6.07, 6.45) is -0.576. The zero-order valence-corrected chi connectivity index (χ0v) is 15.6. The van der Waals surface area contributed by atoms with Gasteiger partial charge in [0.05, 0.1) is 22.2 Å². The molecule has 2 N–H and O–H groups in total. The minimum atomic E-state index is -0.576. The van der Waals surface area contributed by atoms with Crippen LogP contribution in [0.4, 0.5) is 0 Å². The first-order chi connectivity index (χ1) is 12.6. The molecule has 3 aromatic carbocycles. The minimum absolute atomic E-state index is 0.130. The van der Waals surface area contributed by atoms with Crippen LogP contribution in [0.5, 0.6) is 0 Å². The highest BCUT2D eigenvalue weighted by molar-refractivity contribution is 6.42. The van der Waals surface area contributed by atoms with E-state index in [0.29, 0.717) is 16.6 Å². The van der Waals surface area contributed by atoms with Gasteiger partial charge in [-0.15, -0.1) is 0 Å². The average molecular weight is 384 g/mol. The number of halogens is 2. The Morgan fingerprint density at radius 1 is 0.808 bits per heavy atom. The fraction of sp³-hybridized carbons (Fsp3) is 0.182. The van der Waals surface area contributed by atoms with Gasteiger partial charge in [0.2, 0.25) is 0 Å². The second-order valence-electron chi connectivity index (χ2n) is 6.61. The lowest BCUT2D eigenvalue weighted by Crippen LogP contribution is -2.30. The molecular formula is C22H19Cl2NO. The Bertz CT molecular complexity index is 913. The largest absolute Gasteiger partial charge is 0.390 e. The first-order valence-corrected chi connectivity index (χ1v) is 9.40. The molecule has 1 unspecified atom stereocenters. The number of nitrogens with one attached hydrogen (secondary N) is 1. The van der Waals surface area contributed by atoms with Gasteiger partial charge < -0.3 is 10.4 Å². The lowest BCUT2D eigenvalue weighted by molar-refractivity contribution is 0.125. The normalized spacial score (nSPS) is 21.6. The highest BCUT2D eigenvalue weighted by Gasteiger charge is 2.40. The molecule has 1 aliphatic rings. The molecule has 0 radical (unpaired) electrons. The molecule has 132 valence electrons. The number of fused-ring (bicyclic) bond motifs is 1. The van der Waals surface area contributed by atoms with Crippen LogP contribution in [0, 0.1) is 0 Å². The first-order valence-electron chi connectivity index (χ1n) is 8.64. The van der Waals surface area contributed by atoms with E-state index in [4.69, 9.17) is 23.2 Å². The Balaban J connectivity index is 1.66. The molecule has 26 heavy (non-hydrogen) atoms. The van der Waals surface area contributed by atoms with Gasteiger partial charge in [-0.2, -0.15) is 0 Å². The summed E-state index contributed by atoms with van der Waals surface area (Å²) in [4.78, 5) is 0. The zero-order chi connectivity index (χ0) is 18.1.